The van der Waals surface area contributed by atoms with E-state index in [-0.39, 0.29) is 0 Å². The summed E-state index contributed by atoms with van der Waals surface area (Å²) in [6.45, 7) is 10.6. The zero-order valence-electron chi connectivity index (χ0n) is 13.4. The summed E-state index contributed by atoms with van der Waals surface area (Å²) in [5.41, 5.74) is 0. The zero-order chi connectivity index (χ0) is 15.1. The van der Waals surface area contributed by atoms with E-state index in [2.05, 4.69) is 42.4 Å². The van der Waals surface area contributed by atoms with Crippen molar-refractivity contribution >= 4 is 27.4 Å². The van der Waals surface area contributed by atoms with E-state index in [1.807, 2.05) is 0 Å². The molecule has 0 aliphatic rings. The maximum atomic E-state index is 4.75. The molecule has 0 aliphatic heterocycles. The molecule has 0 saturated carbocycles. The number of nitrogens with zero attached hydrogens (tertiary/aromatic N) is 3. The monoisotopic (exact) mass is 306 g/mol. The fraction of sp³-hybridized carbons (Fsp3) is 0.625. The third kappa shape index (κ3) is 4.38. The van der Waals surface area contributed by atoms with Crippen LogP contribution in [0.25, 0.3) is 10.2 Å². The van der Waals surface area contributed by atoms with Crippen molar-refractivity contribution in [1.29, 1.82) is 0 Å². The first-order chi connectivity index (χ1) is 10.3. The number of anilines is 1. The van der Waals surface area contributed by atoms with Gasteiger partial charge in [0.1, 0.15) is 16.5 Å². The third-order valence-corrected chi connectivity index (χ3v) is 4.36. The third-order valence-electron chi connectivity index (χ3n) is 3.55. The minimum Gasteiger partial charge on any atom is -0.369 e. The topological polar surface area (TPSA) is 41.1 Å². The van der Waals surface area contributed by atoms with Gasteiger partial charge >= 0.3 is 0 Å². The van der Waals surface area contributed by atoms with Gasteiger partial charge in [0, 0.05) is 6.54 Å². The first kappa shape index (κ1) is 16.2. The van der Waals surface area contributed by atoms with Gasteiger partial charge in [-0.3, -0.25) is 4.90 Å². The van der Waals surface area contributed by atoms with Crippen molar-refractivity contribution in [3.05, 3.63) is 17.3 Å². The van der Waals surface area contributed by atoms with E-state index in [0.29, 0.717) is 0 Å². The second-order valence-corrected chi connectivity index (χ2v) is 6.17. The molecule has 2 aromatic heterocycles. The number of nitrogens with one attached hydrogen (secondary N) is 1. The van der Waals surface area contributed by atoms with Gasteiger partial charge in [-0.25, -0.2) is 9.97 Å². The molecule has 0 radical (unpaired) electrons. The Morgan fingerprint density at radius 3 is 2.76 bits per heavy atom. The highest BCUT2D eigenvalue weighted by Gasteiger charge is 2.11. The summed E-state index contributed by atoms with van der Waals surface area (Å²) in [5.74, 6) is 1.92. The molecule has 0 unspecified atom stereocenters. The standard InChI is InChI=1S/C16H26N4S/c1-4-7-10-20(6-3)12-14-18-15(17-9-5-2)13-8-11-21-16(13)19-14/h8,11H,4-7,9-10,12H2,1-3H3,(H,17,18,19). The summed E-state index contributed by atoms with van der Waals surface area (Å²) in [4.78, 5) is 13.0. The SMILES string of the molecule is CCCCN(CC)Cc1nc(NCCC)c2ccsc2n1. The zero-order valence-corrected chi connectivity index (χ0v) is 14.2. The first-order valence-corrected chi connectivity index (χ1v) is 8.86. The second kappa shape index (κ2) is 8.29. The maximum absolute atomic E-state index is 4.75. The lowest BCUT2D eigenvalue weighted by molar-refractivity contribution is 0.269. The molecular weight excluding hydrogens is 280 g/mol. The van der Waals surface area contributed by atoms with Crippen LogP contribution in [0.1, 0.15) is 45.9 Å². The maximum Gasteiger partial charge on any atom is 0.146 e. The predicted octanol–water partition coefficient (Wildman–Crippen LogP) is 4.14. The van der Waals surface area contributed by atoms with Crippen molar-refractivity contribution in [1.82, 2.24) is 14.9 Å². The lowest BCUT2D eigenvalue weighted by atomic mass is 10.3. The van der Waals surface area contributed by atoms with Crippen molar-refractivity contribution in [3.63, 3.8) is 0 Å². The van der Waals surface area contributed by atoms with Gasteiger partial charge in [0.2, 0.25) is 0 Å². The average Bonchev–Trinajstić information content (AvgIpc) is 2.97. The quantitative estimate of drug-likeness (QED) is 0.756. The molecule has 0 amide bonds. The Morgan fingerprint density at radius 1 is 1.19 bits per heavy atom. The molecule has 116 valence electrons. The van der Waals surface area contributed by atoms with Crippen molar-refractivity contribution in [3.8, 4) is 0 Å². The van der Waals surface area contributed by atoms with Crippen LogP contribution in [-0.4, -0.2) is 34.5 Å². The molecule has 1 N–H and O–H groups in total. The Kier molecular flexibility index (Phi) is 6.39. The number of thiophene rings is 1. The van der Waals surface area contributed by atoms with Gasteiger partial charge in [-0.1, -0.05) is 27.2 Å². The molecule has 0 fully saturated rings. The lowest BCUT2D eigenvalue weighted by Crippen LogP contribution is -2.25. The molecular formula is C16H26N4S. The number of aromatic nitrogens is 2. The number of fused-ring (bicyclic) bond motifs is 1. The van der Waals surface area contributed by atoms with Crippen LogP contribution >= 0.6 is 11.3 Å². The number of rotatable bonds is 9. The number of hydrogen-bond donors (Lipinski definition) is 1. The van der Waals surface area contributed by atoms with Crippen molar-refractivity contribution in [2.75, 3.05) is 25.0 Å². The van der Waals surface area contributed by atoms with Crippen molar-refractivity contribution in [2.24, 2.45) is 0 Å². The summed E-state index contributed by atoms with van der Waals surface area (Å²) in [6.07, 6.45) is 3.56. The molecule has 5 heteroatoms. The minimum atomic E-state index is 0.838. The predicted molar refractivity (Wildman–Crippen MR) is 92.1 cm³/mol. The molecule has 0 spiro atoms. The summed E-state index contributed by atoms with van der Waals surface area (Å²) in [5, 5.41) is 6.67. The summed E-state index contributed by atoms with van der Waals surface area (Å²) in [7, 11) is 0. The van der Waals surface area contributed by atoms with Gasteiger partial charge in [-0.05, 0) is 37.4 Å². The molecule has 4 nitrogen and oxygen atoms in total. The van der Waals surface area contributed by atoms with Crippen LogP contribution in [-0.2, 0) is 6.54 Å². The Labute approximate surface area is 131 Å². The summed E-state index contributed by atoms with van der Waals surface area (Å²) >= 11 is 1.69. The first-order valence-electron chi connectivity index (χ1n) is 7.98. The second-order valence-electron chi connectivity index (χ2n) is 5.28. The van der Waals surface area contributed by atoms with Crippen LogP contribution < -0.4 is 5.32 Å². The normalized spacial score (nSPS) is 11.4. The van der Waals surface area contributed by atoms with Gasteiger partial charge in [-0.15, -0.1) is 11.3 Å². The number of hydrogen-bond acceptors (Lipinski definition) is 5. The fourth-order valence-electron chi connectivity index (χ4n) is 2.28. The van der Waals surface area contributed by atoms with Gasteiger partial charge in [-0.2, -0.15) is 0 Å². The van der Waals surface area contributed by atoms with Gasteiger partial charge < -0.3 is 5.32 Å². The highest BCUT2D eigenvalue weighted by Crippen LogP contribution is 2.25. The molecule has 0 atom stereocenters. The molecule has 0 aromatic carbocycles. The molecule has 21 heavy (non-hydrogen) atoms. The van der Waals surface area contributed by atoms with Crippen molar-refractivity contribution in [2.45, 2.75) is 46.6 Å². The molecule has 2 aromatic rings. The Morgan fingerprint density at radius 2 is 2.05 bits per heavy atom. The molecule has 0 saturated heterocycles. The van der Waals surface area contributed by atoms with Crippen LogP contribution in [0.4, 0.5) is 5.82 Å². The Bertz CT molecular complexity index is 552. The fourth-order valence-corrected chi connectivity index (χ4v) is 3.06. The van der Waals surface area contributed by atoms with Gasteiger partial charge in [0.15, 0.2) is 0 Å². The molecule has 2 heterocycles. The Balaban J connectivity index is 2.18. The van der Waals surface area contributed by atoms with E-state index in [0.717, 1.165) is 54.5 Å². The van der Waals surface area contributed by atoms with Crippen LogP contribution in [0.5, 0.6) is 0 Å². The van der Waals surface area contributed by atoms with E-state index in [4.69, 9.17) is 9.97 Å². The Hall–Kier alpha value is -1.20. The van der Waals surface area contributed by atoms with E-state index >= 15 is 0 Å². The minimum absolute atomic E-state index is 0.838. The van der Waals surface area contributed by atoms with Crippen LogP contribution in [0.2, 0.25) is 0 Å². The average molecular weight is 306 g/mol. The van der Waals surface area contributed by atoms with Crippen LogP contribution in [0, 0.1) is 0 Å². The van der Waals surface area contributed by atoms with Crippen LogP contribution in [0.3, 0.4) is 0 Å². The largest absolute Gasteiger partial charge is 0.369 e. The summed E-state index contributed by atoms with van der Waals surface area (Å²) in [6, 6.07) is 2.11. The highest BCUT2D eigenvalue weighted by molar-refractivity contribution is 7.16. The highest BCUT2D eigenvalue weighted by atomic mass is 32.1. The van der Waals surface area contributed by atoms with E-state index < -0.39 is 0 Å². The van der Waals surface area contributed by atoms with E-state index in [9.17, 15) is 0 Å². The lowest BCUT2D eigenvalue weighted by Gasteiger charge is -2.19. The summed E-state index contributed by atoms with van der Waals surface area (Å²) < 4.78 is 0. The smallest absolute Gasteiger partial charge is 0.146 e. The molecule has 0 aliphatic carbocycles. The molecule has 2 rings (SSSR count). The number of unbranched alkanes of at least 4 members (excludes halogenated alkanes) is 1. The molecule has 0 bridgehead atoms. The van der Waals surface area contributed by atoms with Crippen LogP contribution in [0.15, 0.2) is 11.4 Å². The van der Waals surface area contributed by atoms with E-state index in [1.54, 1.807) is 11.3 Å². The van der Waals surface area contributed by atoms with Crippen molar-refractivity contribution < 1.29 is 0 Å². The van der Waals surface area contributed by atoms with Gasteiger partial charge in [0.25, 0.3) is 0 Å². The van der Waals surface area contributed by atoms with E-state index in [1.165, 1.54) is 12.8 Å². The van der Waals surface area contributed by atoms with Gasteiger partial charge in [0.05, 0.1) is 11.9 Å².